The van der Waals surface area contributed by atoms with Crippen molar-refractivity contribution in [3.05, 3.63) is 30.1 Å². The monoisotopic (exact) mass is 284 g/mol. The summed E-state index contributed by atoms with van der Waals surface area (Å²) in [4.78, 5) is 15.6. The van der Waals surface area contributed by atoms with E-state index in [9.17, 15) is 4.79 Å². The first-order valence-corrected chi connectivity index (χ1v) is 6.61. The minimum Gasteiger partial charge on any atom is -0.350 e. The van der Waals surface area contributed by atoms with Gasteiger partial charge >= 0.3 is 0 Å². The van der Waals surface area contributed by atoms with Gasteiger partial charge in [0.1, 0.15) is 0 Å². The van der Waals surface area contributed by atoms with Crippen LogP contribution < -0.4 is 5.32 Å². The van der Waals surface area contributed by atoms with Crippen LogP contribution in [0.15, 0.2) is 24.5 Å². The highest BCUT2D eigenvalue weighted by molar-refractivity contribution is 9.09. The molecule has 0 aliphatic heterocycles. The Morgan fingerprint density at radius 3 is 3.00 bits per heavy atom. The second-order valence-corrected chi connectivity index (χ2v) is 4.51. The van der Waals surface area contributed by atoms with Crippen LogP contribution in [0.5, 0.6) is 0 Å². The number of hydrogen-bond donors (Lipinski definition) is 1. The third-order valence-electron chi connectivity index (χ3n) is 2.35. The number of hydrogen-bond acceptors (Lipinski definition) is 2. The number of halogens is 1. The lowest BCUT2D eigenvalue weighted by atomic mass is 10.1. The largest absolute Gasteiger partial charge is 0.350 e. The molecule has 0 aromatic carbocycles. The van der Waals surface area contributed by atoms with Crippen molar-refractivity contribution in [1.29, 1.82) is 0 Å². The van der Waals surface area contributed by atoms with Gasteiger partial charge in [0.05, 0.1) is 6.04 Å². The number of carbonyl (C=O) groups is 1. The van der Waals surface area contributed by atoms with Gasteiger partial charge in [-0.3, -0.25) is 9.78 Å². The van der Waals surface area contributed by atoms with Crippen LogP contribution in [0.1, 0.15) is 37.8 Å². The second-order valence-electron chi connectivity index (χ2n) is 3.72. The van der Waals surface area contributed by atoms with Crippen LogP contribution in [0.4, 0.5) is 0 Å². The Kier molecular flexibility index (Phi) is 6.08. The van der Waals surface area contributed by atoms with Crippen molar-refractivity contribution in [2.45, 2.75) is 32.2 Å². The summed E-state index contributed by atoms with van der Waals surface area (Å²) in [5.74, 6) is 0.109. The smallest absolute Gasteiger partial charge is 0.220 e. The van der Waals surface area contributed by atoms with Gasteiger partial charge in [-0.1, -0.05) is 22.0 Å². The number of unbranched alkanes of at least 4 members (excludes halogenated alkanes) is 1. The summed E-state index contributed by atoms with van der Waals surface area (Å²) in [5, 5.41) is 3.92. The number of rotatable bonds is 6. The van der Waals surface area contributed by atoms with Gasteiger partial charge in [-0.15, -0.1) is 0 Å². The van der Waals surface area contributed by atoms with Crippen LogP contribution in [0.25, 0.3) is 0 Å². The predicted octanol–water partition coefficient (Wildman–Crippen LogP) is 2.82. The van der Waals surface area contributed by atoms with Crippen LogP contribution >= 0.6 is 15.9 Å². The Hall–Kier alpha value is -0.900. The summed E-state index contributed by atoms with van der Waals surface area (Å²) >= 11 is 3.35. The molecule has 16 heavy (non-hydrogen) atoms. The highest BCUT2D eigenvalue weighted by Gasteiger charge is 2.08. The number of carbonyl (C=O) groups excluding carboxylic acids is 1. The van der Waals surface area contributed by atoms with Crippen LogP contribution in [0.3, 0.4) is 0 Å². The molecule has 88 valence electrons. The molecule has 1 N–H and O–H groups in total. The van der Waals surface area contributed by atoms with Gasteiger partial charge in [0.25, 0.3) is 0 Å². The Morgan fingerprint density at radius 2 is 2.38 bits per heavy atom. The van der Waals surface area contributed by atoms with Crippen molar-refractivity contribution >= 4 is 21.8 Å². The topological polar surface area (TPSA) is 42.0 Å². The standard InChI is InChI=1S/C12H17BrN2O/c1-10(11-5-4-8-14-9-11)15-12(16)6-2-3-7-13/h4-5,8-10H,2-3,6-7H2,1H3,(H,15,16)/t10-/m1/s1. The fourth-order valence-corrected chi connectivity index (χ4v) is 1.81. The van der Waals surface area contributed by atoms with Crippen molar-refractivity contribution in [2.24, 2.45) is 0 Å². The van der Waals surface area contributed by atoms with Gasteiger partial charge in [-0.2, -0.15) is 0 Å². The Bertz CT molecular complexity index is 316. The minimum atomic E-state index is 0.0326. The molecule has 4 heteroatoms. The lowest BCUT2D eigenvalue weighted by Crippen LogP contribution is -2.26. The molecule has 1 atom stereocenters. The SMILES string of the molecule is C[C@@H](NC(=O)CCCCBr)c1cccnc1. The first-order valence-electron chi connectivity index (χ1n) is 5.49. The van der Waals surface area contributed by atoms with E-state index < -0.39 is 0 Å². The zero-order chi connectivity index (χ0) is 11.8. The molecule has 1 heterocycles. The lowest BCUT2D eigenvalue weighted by molar-refractivity contribution is -0.121. The summed E-state index contributed by atoms with van der Waals surface area (Å²) in [6.07, 6.45) is 6.07. The van der Waals surface area contributed by atoms with Crippen LogP contribution in [-0.2, 0) is 4.79 Å². The van der Waals surface area contributed by atoms with Gasteiger partial charge in [-0.25, -0.2) is 0 Å². The average Bonchev–Trinajstić information content (AvgIpc) is 2.30. The number of pyridine rings is 1. The molecule has 0 unspecified atom stereocenters. The fourth-order valence-electron chi connectivity index (χ4n) is 1.41. The third kappa shape index (κ3) is 4.75. The maximum Gasteiger partial charge on any atom is 0.220 e. The van der Waals surface area contributed by atoms with Crippen molar-refractivity contribution in [3.63, 3.8) is 0 Å². The molecule has 1 aromatic rings. The molecule has 0 bridgehead atoms. The summed E-state index contributed by atoms with van der Waals surface area (Å²) in [5.41, 5.74) is 1.04. The van der Waals surface area contributed by atoms with E-state index in [1.54, 1.807) is 12.4 Å². The molecule has 1 rings (SSSR count). The van der Waals surface area contributed by atoms with Crippen molar-refractivity contribution < 1.29 is 4.79 Å². The Labute approximate surface area is 105 Å². The highest BCUT2D eigenvalue weighted by atomic mass is 79.9. The van der Waals surface area contributed by atoms with E-state index in [0.29, 0.717) is 6.42 Å². The molecular formula is C12H17BrN2O. The number of nitrogens with zero attached hydrogens (tertiary/aromatic N) is 1. The summed E-state index contributed by atoms with van der Waals surface area (Å²) in [6.45, 7) is 1.97. The quantitative estimate of drug-likeness (QED) is 0.645. The van der Waals surface area contributed by atoms with Crippen molar-refractivity contribution in [1.82, 2.24) is 10.3 Å². The van der Waals surface area contributed by atoms with Gasteiger partial charge < -0.3 is 5.32 Å². The van der Waals surface area contributed by atoms with Gasteiger partial charge in [0.15, 0.2) is 0 Å². The molecule has 0 fully saturated rings. The van der Waals surface area contributed by atoms with E-state index in [-0.39, 0.29) is 11.9 Å². The first kappa shape index (κ1) is 13.2. The van der Waals surface area contributed by atoms with E-state index in [4.69, 9.17) is 0 Å². The van der Waals surface area contributed by atoms with Gasteiger partial charge in [0, 0.05) is 24.1 Å². The van der Waals surface area contributed by atoms with E-state index in [2.05, 4.69) is 26.2 Å². The van der Waals surface area contributed by atoms with Crippen LogP contribution in [-0.4, -0.2) is 16.2 Å². The van der Waals surface area contributed by atoms with Crippen LogP contribution in [0, 0.1) is 0 Å². The molecule has 1 aromatic heterocycles. The zero-order valence-electron chi connectivity index (χ0n) is 9.45. The van der Waals surface area contributed by atoms with E-state index in [1.807, 2.05) is 19.1 Å². The fraction of sp³-hybridized carbons (Fsp3) is 0.500. The summed E-state index contributed by atoms with van der Waals surface area (Å²) < 4.78 is 0. The third-order valence-corrected chi connectivity index (χ3v) is 2.91. The molecular weight excluding hydrogens is 268 g/mol. The molecule has 0 saturated carbocycles. The van der Waals surface area contributed by atoms with E-state index >= 15 is 0 Å². The molecule has 1 amide bonds. The zero-order valence-corrected chi connectivity index (χ0v) is 11.0. The number of aromatic nitrogens is 1. The molecule has 3 nitrogen and oxygen atoms in total. The maximum atomic E-state index is 11.6. The number of amides is 1. The summed E-state index contributed by atoms with van der Waals surface area (Å²) in [7, 11) is 0. The molecule has 0 aliphatic carbocycles. The van der Waals surface area contributed by atoms with Crippen molar-refractivity contribution in [3.8, 4) is 0 Å². The van der Waals surface area contributed by atoms with Gasteiger partial charge in [-0.05, 0) is 31.4 Å². The minimum absolute atomic E-state index is 0.0326. The maximum absolute atomic E-state index is 11.6. The normalized spacial score (nSPS) is 12.1. The first-order chi connectivity index (χ1) is 7.74. The highest BCUT2D eigenvalue weighted by Crippen LogP contribution is 2.10. The second kappa shape index (κ2) is 7.39. The van der Waals surface area contributed by atoms with Crippen LogP contribution in [0.2, 0.25) is 0 Å². The van der Waals surface area contributed by atoms with Gasteiger partial charge in [0.2, 0.25) is 5.91 Å². The van der Waals surface area contributed by atoms with E-state index in [0.717, 1.165) is 23.7 Å². The predicted molar refractivity (Wildman–Crippen MR) is 68.4 cm³/mol. The van der Waals surface area contributed by atoms with E-state index in [1.165, 1.54) is 0 Å². The molecule has 0 aliphatic rings. The summed E-state index contributed by atoms with van der Waals surface area (Å²) in [6, 6.07) is 3.88. The van der Waals surface area contributed by atoms with Crippen molar-refractivity contribution in [2.75, 3.05) is 5.33 Å². The lowest BCUT2D eigenvalue weighted by Gasteiger charge is -2.13. The Morgan fingerprint density at radius 1 is 1.56 bits per heavy atom. The average molecular weight is 285 g/mol. The molecule has 0 saturated heterocycles. The number of nitrogens with one attached hydrogen (secondary N) is 1. The molecule has 0 radical (unpaired) electrons. The Balaban J connectivity index is 2.34. The molecule has 0 spiro atoms. The number of alkyl halides is 1.